The number of hydrogen-bond acceptors (Lipinski definition) is 3. The number of carbonyl (C=O) groups excluding carboxylic acids is 1. The quantitative estimate of drug-likeness (QED) is 0.729. The zero-order valence-electron chi connectivity index (χ0n) is 15.2. The third-order valence-electron chi connectivity index (χ3n) is 5.24. The van der Waals surface area contributed by atoms with Crippen molar-refractivity contribution < 1.29 is 9.69 Å². The Morgan fingerprint density at radius 3 is 2.88 bits per heavy atom. The topological polar surface area (TPSA) is 46.4 Å². The first-order valence-electron chi connectivity index (χ1n) is 9.19. The van der Waals surface area contributed by atoms with Crippen molar-refractivity contribution in [1.82, 2.24) is 4.98 Å². The molecule has 0 bridgehead atoms. The molecule has 0 fully saturated rings. The Labute approximate surface area is 157 Å². The summed E-state index contributed by atoms with van der Waals surface area (Å²) in [5.74, 6) is 0.0495. The molecule has 2 N–H and O–H groups in total. The highest BCUT2D eigenvalue weighted by molar-refractivity contribution is 7.18. The molecule has 4 nitrogen and oxygen atoms in total. The number of aryl methyl sites for hydroxylation is 2. The van der Waals surface area contributed by atoms with E-state index >= 15 is 0 Å². The monoisotopic (exact) mass is 366 g/mol. The summed E-state index contributed by atoms with van der Waals surface area (Å²) in [5.41, 5.74) is 4.76. The van der Waals surface area contributed by atoms with Gasteiger partial charge in [-0.1, -0.05) is 18.2 Å². The van der Waals surface area contributed by atoms with Crippen LogP contribution in [0.1, 0.15) is 35.5 Å². The van der Waals surface area contributed by atoms with Gasteiger partial charge in [0.25, 0.3) is 5.91 Å². The lowest BCUT2D eigenvalue weighted by atomic mass is 10.1. The van der Waals surface area contributed by atoms with E-state index in [0.717, 1.165) is 34.0 Å². The van der Waals surface area contributed by atoms with Crippen LogP contribution in [0.2, 0.25) is 0 Å². The molecule has 0 saturated carbocycles. The Hall–Kier alpha value is -2.24. The number of hydrogen-bond donors (Lipinski definition) is 2. The lowest BCUT2D eigenvalue weighted by Crippen LogP contribution is -3.10. The van der Waals surface area contributed by atoms with E-state index in [1.54, 1.807) is 11.3 Å². The maximum atomic E-state index is 12.5. The first-order chi connectivity index (χ1) is 12.6. The fourth-order valence-corrected chi connectivity index (χ4v) is 4.66. The summed E-state index contributed by atoms with van der Waals surface area (Å²) in [6.07, 6.45) is 3.51. The van der Waals surface area contributed by atoms with Gasteiger partial charge in [-0.25, -0.2) is 4.98 Å². The number of aromatic nitrogens is 1. The lowest BCUT2D eigenvalue weighted by molar-refractivity contribution is -0.902. The highest BCUT2D eigenvalue weighted by Gasteiger charge is 2.22. The standard InChI is InChI=1S/C21H23N3OS/c1-14(21-23-18-8-3-4-9-19(18)26-21)24(2)13-20(25)22-17-11-10-15-6-5-7-16(15)12-17/h3-4,8-12,14H,5-7,13H2,1-2H3,(H,22,25)/p+1/t14-/m1/s1. The fourth-order valence-electron chi connectivity index (χ4n) is 3.55. The Balaban J connectivity index is 1.40. The number of anilines is 1. The van der Waals surface area contributed by atoms with Crippen molar-refractivity contribution >= 4 is 33.1 Å². The van der Waals surface area contributed by atoms with Crippen LogP contribution < -0.4 is 10.2 Å². The molecule has 0 saturated heterocycles. The number of thiazole rings is 1. The summed E-state index contributed by atoms with van der Waals surface area (Å²) in [6.45, 7) is 2.56. The fraction of sp³-hybridized carbons (Fsp3) is 0.333. The van der Waals surface area contributed by atoms with Crippen LogP contribution in [0, 0.1) is 0 Å². The Bertz CT molecular complexity index is 916. The van der Waals surface area contributed by atoms with E-state index in [-0.39, 0.29) is 11.9 Å². The second kappa shape index (κ2) is 7.17. The molecule has 1 aromatic heterocycles. The molecule has 26 heavy (non-hydrogen) atoms. The molecule has 1 heterocycles. The highest BCUT2D eigenvalue weighted by Crippen LogP contribution is 2.25. The summed E-state index contributed by atoms with van der Waals surface area (Å²) in [6, 6.07) is 14.7. The van der Waals surface area contributed by atoms with Gasteiger partial charge in [0.05, 0.1) is 17.3 Å². The molecule has 1 aliphatic rings. The zero-order chi connectivity index (χ0) is 18.1. The van der Waals surface area contributed by atoms with Crippen LogP contribution >= 0.6 is 11.3 Å². The van der Waals surface area contributed by atoms with Crippen LogP contribution in [-0.4, -0.2) is 24.5 Å². The summed E-state index contributed by atoms with van der Waals surface area (Å²) in [4.78, 5) is 18.4. The number of nitrogens with zero attached hydrogens (tertiary/aromatic N) is 1. The van der Waals surface area contributed by atoms with Crippen molar-refractivity contribution in [2.45, 2.75) is 32.2 Å². The van der Waals surface area contributed by atoms with Crippen molar-refractivity contribution in [3.63, 3.8) is 0 Å². The maximum absolute atomic E-state index is 12.5. The SMILES string of the molecule is C[C@H](c1nc2ccccc2s1)[NH+](C)CC(=O)Nc1ccc2c(c1)CCC2. The van der Waals surface area contributed by atoms with E-state index in [0.29, 0.717) is 6.54 Å². The third-order valence-corrected chi connectivity index (χ3v) is 6.46. The molecule has 1 amide bonds. The summed E-state index contributed by atoms with van der Waals surface area (Å²) < 4.78 is 1.20. The van der Waals surface area contributed by atoms with Crippen LogP contribution in [0.4, 0.5) is 5.69 Å². The molecule has 1 aliphatic carbocycles. The lowest BCUT2D eigenvalue weighted by Gasteiger charge is -2.19. The van der Waals surface area contributed by atoms with Gasteiger partial charge < -0.3 is 10.2 Å². The molecule has 0 aliphatic heterocycles. The normalized spacial score (nSPS) is 15.6. The number of fused-ring (bicyclic) bond motifs is 2. The molecule has 5 heteroatoms. The van der Waals surface area contributed by atoms with E-state index in [2.05, 4.69) is 37.5 Å². The number of nitrogens with one attached hydrogen (secondary N) is 2. The number of likely N-dealkylation sites (N-methyl/N-ethyl adjacent to an activating group) is 1. The number of carbonyl (C=O) groups is 1. The predicted octanol–water partition coefficient (Wildman–Crippen LogP) is 3.00. The molecule has 0 spiro atoms. The number of amides is 1. The number of para-hydroxylation sites is 1. The van der Waals surface area contributed by atoms with Crippen LogP contribution in [0.3, 0.4) is 0 Å². The first-order valence-corrected chi connectivity index (χ1v) is 10.0. The van der Waals surface area contributed by atoms with Crippen molar-refractivity contribution in [3.05, 3.63) is 58.6 Å². The maximum Gasteiger partial charge on any atom is 0.279 e. The van der Waals surface area contributed by atoms with Crippen molar-refractivity contribution in [3.8, 4) is 0 Å². The van der Waals surface area contributed by atoms with Crippen LogP contribution in [0.25, 0.3) is 10.2 Å². The number of rotatable bonds is 5. The largest absolute Gasteiger partial charge is 0.322 e. The smallest absolute Gasteiger partial charge is 0.279 e. The van der Waals surface area contributed by atoms with Gasteiger partial charge in [0.15, 0.2) is 11.6 Å². The van der Waals surface area contributed by atoms with E-state index in [9.17, 15) is 4.79 Å². The molecular formula is C21H24N3OS+. The number of quaternary nitrogens is 1. The zero-order valence-corrected chi connectivity index (χ0v) is 16.0. The Morgan fingerprint density at radius 1 is 1.23 bits per heavy atom. The second-order valence-electron chi connectivity index (χ2n) is 7.15. The van der Waals surface area contributed by atoms with Gasteiger partial charge in [0, 0.05) is 5.69 Å². The molecule has 2 atom stereocenters. The average molecular weight is 367 g/mol. The van der Waals surface area contributed by atoms with Gasteiger partial charge in [0.1, 0.15) is 6.04 Å². The molecule has 0 radical (unpaired) electrons. The molecule has 3 aromatic rings. The minimum absolute atomic E-state index is 0.0495. The van der Waals surface area contributed by atoms with Gasteiger partial charge >= 0.3 is 0 Å². The minimum Gasteiger partial charge on any atom is -0.322 e. The number of benzene rings is 2. The molecule has 4 rings (SSSR count). The van der Waals surface area contributed by atoms with E-state index in [1.165, 1.54) is 22.2 Å². The van der Waals surface area contributed by atoms with Gasteiger partial charge in [-0.2, -0.15) is 0 Å². The Morgan fingerprint density at radius 2 is 2.04 bits per heavy atom. The van der Waals surface area contributed by atoms with E-state index in [4.69, 9.17) is 4.98 Å². The van der Waals surface area contributed by atoms with Gasteiger partial charge in [-0.15, -0.1) is 11.3 Å². The Kier molecular flexibility index (Phi) is 4.74. The van der Waals surface area contributed by atoms with Crippen molar-refractivity contribution in [1.29, 1.82) is 0 Å². The van der Waals surface area contributed by atoms with Gasteiger partial charge in [0.2, 0.25) is 0 Å². The molecule has 134 valence electrons. The minimum atomic E-state index is 0.0495. The van der Waals surface area contributed by atoms with Crippen LogP contribution in [-0.2, 0) is 17.6 Å². The molecule has 2 aromatic carbocycles. The summed E-state index contributed by atoms with van der Waals surface area (Å²) in [5, 5.41) is 4.14. The summed E-state index contributed by atoms with van der Waals surface area (Å²) in [7, 11) is 2.05. The van der Waals surface area contributed by atoms with E-state index in [1.807, 2.05) is 24.3 Å². The summed E-state index contributed by atoms with van der Waals surface area (Å²) >= 11 is 1.71. The van der Waals surface area contributed by atoms with Crippen LogP contribution in [0.5, 0.6) is 0 Å². The average Bonchev–Trinajstić information content (AvgIpc) is 3.26. The van der Waals surface area contributed by atoms with E-state index < -0.39 is 0 Å². The predicted molar refractivity (Wildman–Crippen MR) is 107 cm³/mol. The van der Waals surface area contributed by atoms with Crippen LogP contribution in [0.15, 0.2) is 42.5 Å². The van der Waals surface area contributed by atoms with Crippen molar-refractivity contribution in [2.24, 2.45) is 0 Å². The van der Waals surface area contributed by atoms with Gasteiger partial charge in [-0.05, 0) is 61.6 Å². The first kappa shape index (κ1) is 17.2. The van der Waals surface area contributed by atoms with Crippen molar-refractivity contribution in [2.75, 3.05) is 18.9 Å². The molecule has 1 unspecified atom stereocenters. The highest BCUT2D eigenvalue weighted by atomic mass is 32.1. The second-order valence-corrected chi connectivity index (χ2v) is 8.21. The molecular weight excluding hydrogens is 342 g/mol. The van der Waals surface area contributed by atoms with Gasteiger partial charge in [-0.3, -0.25) is 4.79 Å². The third kappa shape index (κ3) is 3.50.